The number of halogens is 1. The number of hydrogen-bond acceptors (Lipinski definition) is 2. The van der Waals surface area contributed by atoms with Crippen LogP contribution in [0.1, 0.15) is 58.5 Å². The first-order valence-corrected chi connectivity index (χ1v) is 7.44. The van der Waals surface area contributed by atoms with Gasteiger partial charge >= 0.3 is 0 Å². The molecule has 2 rings (SSSR count). The molecule has 0 saturated carbocycles. The highest BCUT2D eigenvalue weighted by molar-refractivity contribution is 5.91. The molecular weight excluding hydrogens is 269 g/mol. The lowest BCUT2D eigenvalue weighted by Gasteiger charge is -2.38. The Morgan fingerprint density at radius 1 is 1.52 bits per heavy atom. The molecule has 0 N–H and O–H groups in total. The third-order valence-corrected chi connectivity index (χ3v) is 4.61. The smallest absolute Gasteiger partial charge is 0.282 e. The molecule has 0 fully saturated rings. The predicted molar refractivity (Wildman–Crippen MR) is 80.5 cm³/mol. The lowest BCUT2D eigenvalue weighted by Crippen LogP contribution is -2.47. The van der Waals surface area contributed by atoms with E-state index in [4.69, 9.17) is 5.10 Å². The van der Waals surface area contributed by atoms with Crippen LogP contribution in [-0.2, 0) is 16.8 Å². The third-order valence-electron chi connectivity index (χ3n) is 4.61. The second-order valence-electron chi connectivity index (χ2n) is 6.52. The first-order valence-electron chi connectivity index (χ1n) is 7.44. The SMILES string of the molecule is C=C(F)C(=O)N1C(C)Cn2nc(C(C)(C)CC)cc2C1C. The van der Waals surface area contributed by atoms with Crippen molar-refractivity contribution >= 4 is 5.91 Å². The molecule has 21 heavy (non-hydrogen) atoms. The van der Waals surface area contributed by atoms with Crippen LogP contribution < -0.4 is 0 Å². The fraction of sp³-hybridized carbons (Fsp3) is 0.625. The zero-order valence-corrected chi connectivity index (χ0v) is 13.5. The Morgan fingerprint density at radius 2 is 2.14 bits per heavy atom. The fourth-order valence-corrected chi connectivity index (χ4v) is 2.80. The minimum Gasteiger partial charge on any atom is -0.324 e. The fourth-order valence-electron chi connectivity index (χ4n) is 2.80. The maximum Gasteiger partial charge on any atom is 0.282 e. The summed E-state index contributed by atoms with van der Waals surface area (Å²) in [4.78, 5) is 13.6. The molecule has 2 heterocycles. The minimum absolute atomic E-state index is 0.00811. The van der Waals surface area contributed by atoms with Crippen molar-refractivity contribution in [2.45, 2.75) is 65.1 Å². The molecule has 0 radical (unpaired) electrons. The largest absolute Gasteiger partial charge is 0.324 e. The Hall–Kier alpha value is -1.65. The molecule has 4 nitrogen and oxygen atoms in total. The highest BCUT2D eigenvalue weighted by Crippen LogP contribution is 2.34. The van der Waals surface area contributed by atoms with Gasteiger partial charge in [-0.05, 0) is 26.3 Å². The van der Waals surface area contributed by atoms with E-state index in [1.54, 1.807) is 4.90 Å². The maximum absolute atomic E-state index is 13.2. The summed E-state index contributed by atoms with van der Waals surface area (Å²) in [5.41, 5.74) is 1.97. The topological polar surface area (TPSA) is 38.1 Å². The molecular formula is C16H24FN3O. The average Bonchev–Trinajstić information content (AvgIpc) is 2.83. The van der Waals surface area contributed by atoms with Crippen molar-refractivity contribution in [3.63, 3.8) is 0 Å². The van der Waals surface area contributed by atoms with Gasteiger partial charge in [-0.1, -0.05) is 27.4 Å². The number of aromatic nitrogens is 2. The molecule has 0 bridgehead atoms. The second kappa shape index (κ2) is 5.28. The van der Waals surface area contributed by atoms with E-state index in [2.05, 4.69) is 27.4 Å². The molecule has 0 saturated heterocycles. The van der Waals surface area contributed by atoms with Gasteiger partial charge in [0.2, 0.25) is 0 Å². The van der Waals surface area contributed by atoms with Gasteiger partial charge < -0.3 is 4.90 Å². The normalized spacial score (nSPS) is 22.1. The predicted octanol–water partition coefficient (Wildman–Crippen LogP) is 3.35. The highest BCUT2D eigenvalue weighted by Gasteiger charge is 2.36. The Balaban J connectivity index is 2.41. The van der Waals surface area contributed by atoms with E-state index in [1.165, 1.54) is 0 Å². The quantitative estimate of drug-likeness (QED) is 0.802. The number of nitrogens with zero attached hydrogens (tertiary/aromatic N) is 3. The van der Waals surface area contributed by atoms with Gasteiger partial charge in [0.1, 0.15) is 0 Å². The monoisotopic (exact) mass is 293 g/mol. The van der Waals surface area contributed by atoms with Crippen LogP contribution in [0.2, 0.25) is 0 Å². The summed E-state index contributed by atoms with van der Waals surface area (Å²) >= 11 is 0. The molecule has 1 aliphatic heterocycles. The first kappa shape index (κ1) is 15.7. The van der Waals surface area contributed by atoms with Crippen molar-refractivity contribution < 1.29 is 9.18 Å². The lowest BCUT2D eigenvalue weighted by atomic mass is 9.86. The van der Waals surface area contributed by atoms with Crippen molar-refractivity contribution in [3.05, 3.63) is 29.9 Å². The summed E-state index contributed by atoms with van der Waals surface area (Å²) in [5.74, 6) is -1.53. The molecule has 0 spiro atoms. The molecule has 0 aromatic carbocycles. The molecule has 0 aliphatic carbocycles. The van der Waals surface area contributed by atoms with E-state index in [9.17, 15) is 9.18 Å². The van der Waals surface area contributed by atoms with Crippen LogP contribution in [0.4, 0.5) is 4.39 Å². The van der Waals surface area contributed by atoms with Crippen molar-refractivity contribution in [3.8, 4) is 0 Å². The number of carbonyl (C=O) groups excluding carboxylic acids is 1. The summed E-state index contributed by atoms with van der Waals surface area (Å²) in [7, 11) is 0. The van der Waals surface area contributed by atoms with Crippen LogP contribution >= 0.6 is 0 Å². The molecule has 5 heteroatoms. The van der Waals surface area contributed by atoms with Gasteiger partial charge in [-0.15, -0.1) is 0 Å². The zero-order valence-electron chi connectivity index (χ0n) is 13.5. The molecule has 1 amide bonds. The van der Waals surface area contributed by atoms with Gasteiger partial charge in [0.15, 0.2) is 5.83 Å². The maximum atomic E-state index is 13.2. The minimum atomic E-state index is -0.907. The molecule has 2 unspecified atom stereocenters. The van der Waals surface area contributed by atoms with E-state index in [1.807, 2.05) is 24.6 Å². The summed E-state index contributed by atoms with van der Waals surface area (Å²) in [6.07, 6.45) is 0.983. The van der Waals surface area contributed by atoms with Crippen LogP contribution in [0, 0.1) is 0 Å². The second-order valence-corrected chi connectivity index (χ2v) is 6.52. The standard InChI is InChI=1S/C16H24FN3O/c1-7-16(5,6)14-8-13-12(4)20(15(21)11(3)17)10(2)9-19(13)18-14/h8,10,12H,3,7,9H2,1-2,4-6H3. The lowest BCUT2D eigenvalue weighted by molar-refractivity contribution is -0.134. The summed E-state index contributed by atoms with van der Waals surface area (Å²) in [6.45, 7) is 14.0. The van der Waals surface area contributed by atoms with Gasteiger partial charge in [0.25, 0.3) is 5.91 Å². The molecule has 1 aliphatic rings. The Morgan fingerprint density at radius 3 is 2.67 bits per heavy atom. The van der Waals surface area contributed by atoms with Crippen molar-refractivity contribution in [1.82, 2.24) is 14.7 Å². The number of rotatable bonds is 3. The van der Waals surface area contributed by atoms with E-state index in [0.29, 0.717) is 6.54 Å². The summed E-state index contributed by atoms with van der Waals surface area (Å²) in [6, 6.07) is 1.73. The Labute approximate surface area is 125 Å². The Kier molecular flexibility index (Phi) is 3.95. The van der Waals surface area contributed by atoms with Gasteiger partial charge in [0.05, 0.1) is 24.0 Å². The highest BCUT2D eigenvalue weighted by atomic mass is 19.1. The van der Waals surface area contributed by atoms with Gasteiger partial charge in [0, 0.05) is 11.5 Å². The van der Waals surface area contributed by atoms with Crippen LogP contribution in [0.3, 0.4) is 0 Å². The van der Waals surface area contributed by atoms with Crippen LogP contribution in [0.5, 0.6) is 0 Å². The van der Waals surface area contributed by atoms with Crippen LogP contribution in [0.15, 0.2) is 18.5 Å². The van der Waals surface area contributed by atoms with Crippen molar-refractivity contribution in [1.29, 1.82) is 0 Å². The first-order chi connectivity index (χ1) is 9.69. The van der Waals surface area contributed by atoms with Crippen LogP contribution in [0.25, 0.3) is 0 Å². The number of fused-ring (bicyclic) bond motifs is 1. The summed E-state index contributed by atoms with van der Waals surface area (Å²) in [5, 5.41) is 4.70. The summed E-state index contributed by atoms with van der Waals surface area (Å²) < 4.78 is 15.2. The van der Waals surface area contributed by atoms with Crippen LogP contribution in [-0.4, -0.2) is 26.6 Å². The molecule has 1 aromatic rings. The van der Waals surface area contributed by atoms with E-state index in [-0.39, 0.29) is 17.5 Å². The number of carbonyl (C=O) groups is 1. The van der Waals surface area contributed by atoms with Crippen molar-refractivity contribution in [2.24, 2.45) is 0 Å². The van der Waals surface area contributed by atoms with E-state index >= 15 is 0 Å². The average molecular weight is 293 g/mol. The zero-order chi connectivity index (χ0) is 15.9. The molecule has 2 atom stereocenters. The van der Waals surface area contributed by atoms with Crippen molar-refractivity contribution in [2.75, 3.05) is 0 Å². The van der Waals surface area contributed by atoms with Gasteiger partial charge in [-0.2, -0.15) is 5.10 Å². The van der Waals surface area contributed by atoms with E-state index in [0.717, 1.165) is 17.8 Å². The van der Waals surface area contributed by atoms with E-state index < -0.39 is 11.7 Å². The number of amides is 1. The van der Waals surface area contributed by atoms with Gasteiger partial charge in [-0.3, -0.25) is 9.48 Å². The third kappa shape index (κ3) is 2.61. The Bertz CT molecular complexity index is 576. The van der Waals surface area contributed by atoms with Gasteiger partial charge in [-0.25, -0.2) is 4.39 Å². The molecule has 116 valence electrons. The molecule has 1 aromatic heterocycles. The number of hydrogen-bond donors (Lipinski definition) is 0.